The molecule has 1 unspecified atom stereocenters. The molecule has 0 saturated heterocycles. The third-order valence-electron chi connectivity index (χ3n) is 2.97. The lowest BCUT2D eigenvalue weighted by molar-refractivity contribution is -0.385. The van der Waals surface area contributed by atoms with Gasteiger partial charge in [-0.15, -0.1) is 11.3 Å². The lowest BCUT2D eigenvalue weighted by Gasteiger charge is -2.13. The number of hydrogen-bond donors (Lipinski definition) is 1. The molecule has 0 spiro atoms. The molecule has 20 heavy (non-hydrogen) atoms. The molecule has 1 aromatic heterocycles. The first kappa shape index (κ1) is 15.0. The standard InChI is InChI=1S/C14H15ClN2O2S/c1-10(7-13-3-2-6-20-13)16-9-11-4-5-12(15)8-14(11)17(18)19/h2-6,8,10,16H,7,9H2,1H3. The minimum atomic E-state index is -0.396. The number of thiophene rings is 1. The molecule has 6 heteroatoms. The number of nitrogens with zero attached hydrogens (tertiary/aromatic N) is 1. The van der Waals surface area contributed by atoms with Crippen LogP contribution in [0.1, 0.15) is 17.4 Å². The number of rotatable bonds is 6. The van der Waals surface area contributed by atoms with Gasteiger partial charge in [-0.25, -0.2) is 0 Å². The predicted molar refractivity (Wildman–Crippen MR) is 82.4 cm³/mol. The van der Waals surface area contributed by atoms with Crippen LogP contribution in [-0.2, 0) is 13.0 Å². The van der Waals surface area contributed by atoms with Crippen LogP contribution in [-0.4, -0.2) is 11.0 Å². The summed E-state index contributed by atoms with van der Waals surface area (Å²) >= 11 is 7.51. The van der Waals surface area contributed by atoms with Gasteiger partial charge in [-0.2, -0.15) is 0 Å². The summed E-state index contributed by atoms with van der Waals surface area (Å²) in [6, 6.07) is 9.14. The van der Waals surface area contributed by atoms with E-state index in [-0.39, 0.29) is 11.7 Å². The highest BCUT2D eigenvalue weighted by molar-refractivity contribution is 7.09. The average Bonchev–Trinajstić information content (AvgIpc) is 2.90. The quantitative estimate of drug-likeness (QED) is 0.647. The summed E-state index contributed by atoms with van der Waals surface area (Å²) in [5, 5.41) is 16.7. The van der Waals surface area contributed by atoms with Crippen molar-refractivity contribution in [2.24, 2.45) is 0 Å². The molecule has 1 aromatic carbocycles. The van der Waals surface area contributed by atoms with Crippen LogP contribution in [0.4, 0.5) is 5.69 Å². The van der Waals surface area contributed by atoms with Crippen molar-refractivity contribution in [2.75, 3.05) is 0 Å². The molecule has 0 amide bonds. The van der Waals surface area contributed by atoms with E-state index in [1.165, 1.54) is 10.9 Å². The van der Waals surface area contributed by atoms with Crippen molar-refractivity contribution in [3.63, 3.8) is 0 Å². The molecule has 1 atom stereocenters. The zero-order valence-electron chi connectivity index (χ0n) is 11.0. The van der Waals surface area contributed by atoms with Crippen molar-refractivity contribution in [3.8, 4) is 0 Å². The maximum atomic E-state index is 11.0. The topological polar surface area (TPSA) is 55.2 Å². The maximum Gasteiger partial charge on any atom is 0.275 e. The Morgan fingerprint density at radius 3 is 2.90 bits per heavy atom. The van der Waals surface area contributed by atoms with Crippen LogP contribution in [0.25, 0.3) is 0 Å². The molecule has 0 aliphatic heterocycles. The number of nitro groups is 1. The molecule has 106 valence electrons. The molecule has 0 fully saturated rings. The number of nitrogens with one attached hydrogen (secondary N) is 1. The van der Waals surface area contributed by atoms with Crippen LogP contribution < -0.4 is 5.32 Å². The van der Waals surface area contributed by atoms with Gasteiger partial charge in [-0.05, 0) is 36.9 Å². The van der Waals surface area contributed by atoms with Gasteiger partial charge in [-0.1, -0.05) is 17.7 Å². The zero-order chi connectivity index (χ0) is 14.5. The van der Waals surface area contributed by atoms with Gasteiger partial charge < -0.3 is 5.32 Å². The Balaban J connectivity index is 1.98. The van der Waals surface area contributed by atoms with Crippen molar-refractivity contribution in [1.82, 2.24) is 5.32 Å². The van der Waals surface area contributed by atoms with E-state index >= 15 is 0 Å². The van der Waals surface area contributed by atoms with Crippen molar-refractivity contribution < 1.29 is 4.92 Å². The second-order valence-electron chi connectivity index (χ2n) is 4.60. The van der Waals surface area contributed by atoms with E-state index in [1.54, 1.807) is 23.5 Å². The Bertz CT molecular complexity index is 587. The zero-order valence-corrected chi connectivity index (χ0v) is 12.6. The highest BCUT2D eigenvalue weighted by Gasteiger charge is 2.14. The highest BCUT2D eigenvalue weighted by Crippen LogP contribution is 2.23. The molecule has 0 bridgehead atoms. The van der Waals surface area contributed by atoms with Gasteiger partial charge in [0.25, 0.3) is 5.69 Å². The first-order valence-corrected chi connectivity index (χ1v) is 7.50. The molecular formula is C14H15ClN2O2S. The van der Waals surface area contributed by atoms with Gasteiger partial charge in [0.15, 0.2) is 0 Å². The van der Waals surface area contributed by atoms with Crippen LogP contribution >= 0.6 is 22.9 Å². The average molecular weight is 311 g/mol. The van der Waals surface area contributed by atoms with Crippen LogP contribution in [0.3, 0.4) is 0 Å². The van der Waals surface area contributed by atoms with Gasteiger partial charge in [0, 0.05) is 34.1 Å². The summed E-state index contributed by atoms with van der Waals surface area (Å²) in [7, 11) is 0. The molecule has 1 N–H and O–H groups in total. The normalized spacial score (nSPS) is 12.3. The van der Waals surface area contributed by atoms with Gasteiger partial charge >= 0.3 is 0 Å². The summed E-state index contributed by atoms with van der Waals surface area (Å²) < 4.78 is 0. The molecule has 2 aromatic rings. The fraction of sp³-hybridized carbons (Fsp3) is 0.286. The minimum Gasteiger partial charge on any atom is -0.310 e. The van der Waals surface area contributed by atoms with Crippen LogP contribution in [0.15, 0.2) is 35.7 Å². The predicted octanol–water partition coefficient (Wildman–Crippen LogP) is 4.03. The molecule has 0 aliphatic rings. The Labute approximate surface area is 126 Å². The first-order chi connectivity index (χ1) is 9.56. The van der Waals surface area contributed by atoms with Crippen LogP contribution in [0.5, 0.6) is 0 Å². The molecule has 0 saturated carbocycles. The Morgan fingerprint density at radius 1 is 1.45 bits per heavy atom. The van der Waals surface area contributed by atoms with E-state index in [1.807, 2.05) is 11.4 Å². The van der Waals surface area contributed by atoms with E-state index in [0.717, 1.165) is 6.42 Å². The number of halogens is 1. The lowest BCUT2D eigenvalue weighted by Crippen LogP contribution is -2.27. The second kappa shape index (κ2) is 6.83. The third kappa shape index (κ3) is 4.03. The molecular weight excluding hydrogens is 296 g/mol. The van der Waals surface area contributed by atoms with Crippen molar-refractivity contribution >= 4 is 28.6 Å². The fourth-order valence-electron chi connectivity index (χ4n) is 1.94. The van der Waals surface area contributed by atoms with Gasteiger partial charge in [0.05, 0.1) is 4.92 Å². The van der Waals surface area contributed by atoms with E-state index in [2.05, 4.69) is 18.3 Å². The highest BCUT2D eigenvalue weighted by atomic mass is 35.5. The second-order valence-corrected chi connectivity index (χ2v) is 6.06. The molecule has 4 nitrogen and oxygen atoms in total. The van der Waals surface area contributed by atoms with Crippen LogP contribution in [0.2, 0.25) is 5.02 Å². The number of hydrogen-bond acceptors (Lipinski definition) is 4. The summed E-state index contributed by atoms with van der Waals surface area (Å²) in [6.07, 6.45) is 0.916. The molecule has 0 radical (unpaired) electrons. The van der Waals surface area contributed by atoms with Crippen molar-refractivity contribution in [2.45, 2.75) is 25.9 Å². The lowest BCUT2D eigenvalue weighted by atomic mass is 10.1. The summed E-state index contributed by atoms with van der Waals surface area (Å²) in [5.74, 6) is 0. The third-order valence-corrected chi connectivity index (χ3v) is 4.11. The van der Waals surface area contributed by atoms with Gasteiger partial charge in [0.1, 0.15) is 0 Å². The first-order valence-electron chi connectivity index (χ1n) is 6.25. The van der Waals surface area contributed by atoms with E-state index in [4.69, 9.17) is 11.6 Å². The van der Waals surface area contributed by atoms with E-state index < -0.39 is 4.92 Å². The van der Waals surface area contributed by atoms with Gasteiger partial charge in [-0.3, -0.25) is 10.1 Å². The molecule has 0 aliphatic carbocycles. The monoisotopic (exact) mass is 310 g/mol. The summed E-state index contributed by atoms with van der Waals surface area (Å²) in [4.78, 5) is 11.9. The smallest absolute Gasteiger partial charge is 0.275 e. The van der Waals surface area contributed by atoms with E-state index in [9.17, 15) is 10.1 Å². The van der Waals surface area contributed by atoms with E-state index in [0.29, 0.717) is 17.1 Å². The van der Waals surface area contributed by atoms with Crippen molar-refractivity contribution in [3.05, 3.63) is 61.3 Å². The van der Waals surface area contributed by atoms with Crippen molar-refractivity contribution in [1.29, 1.82) is 0 Å². The molecule has 2 rings (SSSR count). The number of benzene rings is 1. The minimum absolute atomic E-state index is 0.0633. The Morgan fingerprint density at radius 2 is 2.25 bits per heavy atom. The van der Waals surface area contributed by atoms with Crippen LogP contribution in [0, 0.1) is 10.1 Å². The summed E-state index contributed by atoms with van der Waals surface area (Å²) in [6.45, 7) is 2.53. The fourth-order valence-corrected chi connectivity index (χ4v) is 2.94. The summed E-state index contributed by atoms with van der Waals surface area (Å²) in [5.41, 5.74) is 0.714. The SMILES string of the molecule is CC(Cc1cccs1)NCc1ccc(Cl)cc1[N+](=O)[O-]. The molecule has 1 heterocycles. The number of nitro benzene ring substituents is 1. The largest absolute Gasteiger partial charge is 0.310 e. The Kier molecular flexibility index (Phi) is 5.11. The Hall–Kier alpha value is -1.43. The maximum absolute atomic E-state index is 11.0. The van der Waals surface area contributed by atoms with Gasteiger partial charge in [0.2, 0.25) is 0 Å².